The van der Waals surface area contributed by atoms with Gasteiger partial charge in [0.15, 0.2) is 0 Å². The highest BCUT2D eigenvalue weighted by atomic mass is 16.6. The lowest BCUT2D eigenvalue weighted by molar-refractivity contribution is -0.142. The van der Waals surface area contributed by atoms with E-state index in [-0.39, 0.29) is 30.9 Å². The average molecular weight is 563 g/mol. The Morgan fingerprint density at radius 3 is 2.15 bits per heavy atom. The molecule has 3 rings (SSSR count). The SMILES string of the molecule is COC(=O)[C@H](Cc1ccccc1)NC(=O)c1ccc(COC(=O)c2ccc(CNC(=O)OC(C)(C)C)cc2)cc1O. The molecule has 216 valence electrons. The van der Waals surface area contributed by atoms with Crippen molar-refractivity contribution >= 4 is 23.9 Å². The van der Waals surface area contributed by atoms with Crippen molar-refractivity contribution in [3.05, 3.63) is 101 Å². The molecule has 10 nitrogen and oxygen atoms in total. The first-order valence-corrected chi connectivity index (χ1v) is 12.9. The van der Waals surface area contributed by atoms with Crippen LogP contribution in [-0.2, 0) is 38.6 Å². The van der Waals surface area contributed by atoms with E-state index >= 15 is 0 Å². The van der Waals surface area contributed by atoms with Crippen LogP contribution in [0.25, 0.3) is 0 Å². The lowest BCUT2D eigenvalue weighted by Gasteiger charge is -2.19. The van der Waals surface area contributed by atoms with Crippen LogP contribution in [0.2, 0.25) is 0 Å². The van der Waals surface area contributed by atoms with Gasteiger partial charge in [-0.25, -0.2) is 14.4 Å². The molecule has 0 unspecified atom stereocenters. The fourth-order valence-electron chi connectivity index (χ4n) is 3.76. The maximum absolute atomic E-state index is 12.8. The minimum Gasteiger partial charge on any atom is -0.507 e. The average Bonchev–Trinajstić information content (AvgIpc) is 2.94. The van der Waals surface area contributed by atoms with E-state index in [4.69, 9.17) is 14.2 Å². The molecule has 3 aromatic carbocycles. The van der Waals surface area contributed by atoms with E-state index in [1.807, 2.05) is 30.3 Å². The number of aromatic hydroxyl groups is 1. The van der Waals surface area contributed by atoms with Gasteiger partial charge in [0.25, 0.3) is 5.91 Å². The summed E-state index contributed by atoms with van der Waals surface area (Å²) in [5.41, 5.74) is 1.72. The third-order valence-electron chi connectivity index (χ3n) is 5.78. The zero-order valence-electron chi connectivity index (χ0n) is 23.4. The monoisotopic (exact) mass is 562 g/mol. The Balaban J connectivity index is 1.55. The molecule has 0 aliphatic heterocycles. The van der Waals surface area contributed by atoms with E-state index in [0.717, 1.165) is 11.1 Å². The summed E-state index contributed by atoms with van der Waals surface area (Å²) in [5, 5.41) is 15.7. The Kier molecular flexibility index (Phi) is 10.5. The van der Waals surface area contributed by atoms with Crippen molar-refractivity contribution in [2.45, 2.75) is 52.0 Å². The topological polar surface area (TPSA) is 140 Å². The third-order valence-corrected chi connectivity index (χ3v) is 5.78. The molecule has 0 aliphatic rings. The first-order chi connectivity index (χ1) is 19.4. The number of ether oxygens (including phenoxy) is 3. The fourth-order valence-corrected chi connectivity index (χ4v) is 3.76. The molecule has 0 aromatic heterocycles. The molecule has 0 fully saturated rings. The van der Waals surface area contributed by atoms with Crippen LogP contribution >= 0.6 is 0 Å². The highest BCUT2D eigenvalue weighted by molar-refractivity contribution is 5.99. The number of nitrogens with one attached hydrogen (secondary N) is 2. The smallest absolute Gasteiger partial charge is 0.407 e. The number of phenols is 1. The summed E-state index contributed by atoms with van der Waals surface area (Å²) in [6.45, 7) is 5.41. The lowest BCUT2D eigenvalue weighted by atomic mass is 10.0. The lowest BCUT2D eigenvalue weighted by Crippen LogP contribution is -2.43. The number of carbonyl (C=O) groups is 4. The molecule has 0 spiro atoms. The van der Waals surface area contributed by atoms with Crippen LogP contribution in [-0.4, -0.2) is 47.8 Å². The van der Waals surface area contributed by atoms with E-state index in [9.17, 15) is 24.3 Å². The van der Waals surface area contributed by atoms with Crippen LogP contribution in [0.15, 0.2) is 72.8 Å². The van der Waals surface area contributed by atoms with Gasteiger partial charge in [0.05, 0.1) is 18.2 Å². The molecule has 2 amide bonds. The van der Waals surface area contributed by atoms with Crippen molar-refractivity contribution in [1.82, 2.24) is 10.6 Å². The van der Waals surface area contributed by atoms with Crippen molar-refractivity contribution in [3.8, 4) is 5.75 Å². The molecule has 1 atom stereocenters. The molecule has 0 saturated heterocycles. The van der Waals surface area contributed by atoms with Gasteiger partial charge < -0.3 is 30.0 Å². The van der Waals surface area contributed by atoms with Crippen LogP contribution in [0.4, 0.5) is 4.79 Å². The number of hydrogen-bond acceptors (Lipinski definition) is 8. The number of carbonyl (C=O) groups excluding carboxylic acids is 4. The standard InChI is InChI=1S/C31H34N2O8/c1-31(2,3)41-30(38)32-18-21-10-13-23(14-11-21)28(36)40-19-22-12-15-24(26(34)17-22)27(35)33-25(29(37)39-4)16-20-8-6-5-7-9-20/h5-15,17,25,34H,16,18-19H2,1-4H3,(H,32,38)(H,33,35)/t25-/m0/s1. The number of alkyl carbamates (subject to hydrolysis) is 1. The number of hydrogen-bond donors (Lipinski definition) is 3. The minimum absolute atomic E-state index is 0.0439. The van der Waals surface area contributed by atoms with Crippen molar-refractivity contribution in [1.29, 1.82) is 0 Å². The summed E-state index contributed by atoms with van der Waals surface area (Å²) in [7, 11) is 1.23. The van der Waals surface area contributed by atoms with Crippen molar-refractivity contribution in [2.75, 3.05) is 7.11 Å². The van der Waals surface area contributed by atoms with E-state index < -0.39 is 35.6 Å². The van der Waals surface area contributed by atoms with E-state index in [0.29, 0.717) is 11.1 Å². The molecule has 41 heavy (non-hydrogen) atoms. The second-order valence-corrected chi connectivity index (χ2v) is 10.2. The number of amides is 2. The predicted molar refractivity (Wildman–Crippen MR) is 150 cm³/mol. The zero-order valence-corrected chi connectivity index (χ0v) is 23.4. The number of rotatable bonds is 10. The van der Waals surface area contributed by atoms with Gasteiger partial charge in [-0.05, 0) is 61.7 Å². The summed E-state index contributed by atoms with van der Waals surface area (Å²) >= 11 is 0. The molecule has 3 aromatic rings. The van der Waals surface area contributed by atoms with Gasteiger partial charge in [-0.2, -0.15) is 0 Å². The van der Waals surface area contributed by atoms with E-state index in [2.05, 4.69) is 10.6 Å². The van der Waals surface area contributed by atoms with Gasteiger partial charge in [0.1, 0.15) is 24.0 Å². The molecule has 0 radical (unpaired) electrons. The molecule has 0 bridgehead atoms. The van der Waals surface area contributed by atoms with E-state index in [1.165, 1.54) is 25.3 Å². The summed E-state index contributed by atoms with van der Waals surface area (Å²) in [6.07, 6.45) is -0.321. The van der Waals surface area contributed by atoms with Crippen molar-refractivity contribution < 1.29 is 38.5 Å². The van der Waals surface area contributed by atoms with Crippen LogP contribution in [0.3, 0.4) is 0 Å². The fraction of sp³-hybridized carbons (Fsp3) is 0.290. The summed E-state index contributed by atoms with van der Waals surface area (Å²) in [5.74, 6) is -2.18. The molecule has 0 aliphatic carbocycles. The van der Waals surface area contributed by atoms with Gasteiger partial charge in [0, 0.05) is 13.0 Å². The second-order valence-electron chi connectivity index (χ2n) is 10.2. The number of phenolic OH excluding ortho intramolecular Hbond substituents is 1. The van der Waals surface area contributed by atoms with Crippen LogP contribution in [0.1, 0.15) is 58.2 Å². The summed E-state index contributed by atoms with van der Waals surface area (Å²) < 4.78 is 15.4. The maximum atomic E-state index is 12.8. The number of benzene rings is 3. The number of esters is 2. The molecular weight excluding hydrogens is 528 g/mol. The summed E-state index contributed by atoms with van der Waals surface area (Å²) in [6, 6.07) is 19.0. The molecule has 3 N–H and O–H groups in total. The van der Waals surface area contributed by atoms with Gasteiger partial charge in [-0.3, -0.25) is 4.79 Å². The first kappa shape index (κ1) is 30.7. The van der Waals surface area contributed by atoms with Crippen molar-refractivity contribution in [2.24, 2.45) is 0 Å². The maximum Gasteiger partial charge on any atom is 0.407 e. The largest absolute Gasteiger partial charge is 0.507 e. The quantitative estimate of drug-likeness (QED) is 0.246. The van der Waals surface area contributed by atoms with Gasteiger partial charge >= 0.3 is 18.0 Å². The number of methoxy groups -OCH3 is 1. The Morgan fingerprint density at radius 2 is 1.54 bits per heavy atom. The van der Waals surface area contributed by atoms with Crippen LogP contribution in [0.5, 0.6) is 5.75 Å². The minimum atomic E-state index is -0.950. The predicted octanol–water partition coefficient (Wildman–Crippen LogP) is 4.29. The molecule has 10 heteroatoms. The Morgan fingerprint density at radius 1 is 0.878 bits per heavy atom. The normalized spacial score (nSPS) is 11.6. The van der Waals surface area contributed by atoms with Crippen molar-refractivity contribution in [3.63, 3.8) is 0 Å². The van der Waals surface area contributed by atoms with Crippen LogP contribution < -0.4 is 10.6 Å². The highest BCUT2D eigenvalue weighted by Gasteiger charge is 2.24. The molecule has 0 heterocycles. The van der Waals surface area contributed by atoms with E-state index in [1.54, 1.807) is 45.0 Å². The molecular formula is C31H34N2O8. The first-order valence-electron chi connectivity index (χ1n) is 12.9. The van der Waals surface area contributed by atoms with Gasteiger partial charge in [-0.1, -0.05) is 48.5 Å². The molecule has 0 saturated carbocycles. The highest BCUT2D eigenvalue weighted by Crippen LogP contribution is 2.20. The Labute approximate surface area is 238 Å². The van der Waals surface area contributed by atoms with Gasteiger partial charge in [-0.15, -0.1) is 0 Å². The van der Waals surface area contributed by atoms with Crippen LogP contribution in [0, 0.1) is 0 Å². The van der Waals surface area contributed by atoms with Gasteiger partial charge in [0.2, 0.25) is 0 Å². The summed E-state index contributed by atoms with van der Waals surface area (Å²) in [4.78, 5) is 49.4. The Hall–Kier alpha value is -4.86. The third kappa shape index (κ3) is 9.68. The zero-order chi connectivity index (χ0) is 30.0. The Bertz CT molecular complexity index is 1370. The second kappa shape index (κ2) is 14.0.